The maximum absolute atomic E-state index is 12.9. The van der Waals surface area contributed by atoms with E-state index in [9.17, 15) is 25.0 Å². The zero-order valence-corrected chi connectivity index (χ0v) is 37.8. The van der Waals surface area contributed by atoms with Gasteiger partial charge in [-0.05, 0) is 118 Å². The molecular weight excluding hydrogens is 885 g/mol. The van der Waals surface area contributed by atoms with Gasteiger partial charge in [0.25, 0.3) is 0 Å². The molecule has 0 unspecified atom stereocenters. The average molecular weight is 925 g/mol. The van der Waals surface area contributed by atoms with E-state index in [4.69, 9.17) is 9.72 Å². The summed E-state index contributed by atoms with van der Waals surface area (Å²) >= 11 is 0. The number of rotatable bonds is 8. The van der Waals surface area contributed by atoms with E-state index >= 15 is 0 Å². The second-order valence-electron chi connectivity index (χ2n) is 17.1. The molecule has 0 atom stereocenters. The van der Waals surface area contributed by atoms with Crippen LogP contribution in [0.25, 0.3) is 66.4 Å². The second kappa shape index (κ2) is 17.9. The highest BCUT2D eigenvalue weighted by molar-refractivity contribution is 6.11. The Morgan fingerprint density at radius 3 is 1.43 bits per heavy atom. The minimum Gasteiger partial charge on any atom is -0.443 e. The number of hydrogen-bond donors (Lipinski definition) is 0. The van der Waals surface area contributed by atoms with E-state index in [0.717, 1.165) is 38.4 Å². The van der Waals surface area contributed by atoms with E-state index in [-0.39, 0.29) is 17.2 Å². The average Bonchev–Trinajstić information content (AvgIpc) is 3.90. The third-order valence-electron chi connectivity index (χ3n) is 11.8. The summed E-state index contributed by atoms with van der Waals surface area (Å²) < 4.78 is 9.17. The van der Waals surface area contributed by atoms with Gasteiger partial charge in [0.15, 0.2) is 5.65 Å². The maximum Gasteiger partial charge on any atom is 0.420 e. The highest BCUT2D eigenvalue weighted by Gasteiger charge is 2.41. The van der Waals surface area contributed by atoms with Crippen LogP contribution in [0.1, 0.15) is 37.5 Å². The van der Waals surface area contributed by atoms with Gasteiger partial charge in [0.05, 0.1) is 33.5 Å². The molecule has 16 nitrogen and oxygen atoms in total. The van der Waals surface area contributed by atoms with Crippen molar-refractivity contribution >= 4 is 61.6 Å². The lowest BCUT2D eigenvalue weighted by Gasteiger charge is -2.38. The number of carbonyl (C=O) groups is 1. The Kier molecular flexibility index (Phi) is 11.3. The SMILES string of the molecule is CC(C)(C)OC(=O)n1c2ccncc2c2ccc(-c3cccnc3[N+](=O)[O-])nc21.O=[N+]([O-])c1ncccc1-c1ccc2c3cnccc3n(C(c3ccccc3)(c3ccccc3)c3ccccc3)c2n1. The number of carbonyl (C=O) groups excluding carboxylic acids is 1. The summed E-state index contributed by atoms with van der Waals surface area (Å²) in [6.07, 6.45) is 9.05. The molecule has 0 saturated heterocycles. The summed E-state index contributed by atoms with van der Waals surface area (Å²) in [7, 11) is 0. The second-order valence-corrected chi connectivity index (χ2v) is 17.1. The minimum atomic E-state index is -0.836. The molecule has 8 heterocycles. The standard InChI is InChI=1S/C34H23N5O2.C20H17N5O4/c40-39(41)32-28(17-10-21-36-32)30-19-18-27-29-23-35-22-20-31(29)38(33(27)37-30)34(24-11-4-1-5-12-24,25-13-6-2-7-14-25)26-15-8-3-9-16-26;1-20(2,3)29-19(26)24-16-8-10-21-11-14(16)12-6-7-15(23-18(12)24)13-5-4-9-22-17(13)25(27)28/h1-23H;4-11H,1-3H3. The van der Waals surface area contributed by atoms with Gasteiger partial charge in [-0.25, -0.2) is 19.3 Å². The van der Waals surface area contributed by atoms with Gasteiger partial charge < -0.3 is 29.5 Å². The van der Waals surface area contributed by atoms with Crippen LogP contribution in [0.15, 0.2) is 189 Å². The molecular formula is C54H40N10O6. The predicted octanol–water partition coefficient (Wildman–Crippen LogP) is 11.7. The molecule has 3 aromatic carbocycles. The molecule has 0 amide bonds. The third kappa shape index (κ3) is 7.78. The zero-order valence-electron chi connectivity index (χ0n) is 37.8. The van der Waals surface area contributed by atoms with Crippen molar-refractivity contribution in [2.75, 3.05) is 0 Å². The van der Waals surface area contributed by atoms with Crippen molar-refractivity contribution in [1.29, 1.82) is 0 Å². The molecule has 0 spiro atoms. The van der Waals surface area contributed by atoms with Gasteiger partial charge in [-0.15, -0.1) is 0 Å². The lowest BCUT2D eigenvalue weighted by Crippen LogP contribution is -2.37. The normalized spacial score (nSPS) is 11.6. The first-order valence-corrected chi connectivity index (χ1v) is 22.1. The lowest BCUT2D eigenvalue weighted by atomic mass is 9.76. The molecule has 342 valence electrons. The predicted molar refractivity (Wildman–Crippen MR) is 266 cm³/mol. The number of nitrogens with zero attached hydrogens (tertiary/aromatic N) is 10. The number of pyridine rings is 6. The van der Waals surface area contributed by atoms with Crippen molar-refractivity contribution in [2.24, 2.45) is 0 Å². The fourth-order valence-corrected chi connectivity index (χ4v) is 9.01. The molecule has 70 heavy (non-hydrogen) atoms. The van der Waals surface area contributed by atoms with Gasteiger partial charge in [-0.1, -0.05) is 91.0 Å². The van der Waals surface area contributed by atoms with Gasteiger partial charge >= 0.3 is 17.7 Å². The number of nitro groups is 2. The Bertz CT molecular complexity index is 3680. The fourth-order valence-electron chi connectivity index (χ4n) is 9.01. The molecule has 0 saturated carbocycles. The molecule has 0 aliphatic carbocycles. The summed E-state index contributed by atoms with van der Waals surface area (Å²) in [5.74, 6) is -0.537. The number of ether oxygens (including phenoxy) is 1. The molecule has 0 N–H and O–H groups in total. The van der Waals surface area contributed by atoms with Gasteiger partial charge in [-0.2, -0.15) is 0 Å². The molecule has 11 aromatic rings. The third-order valence-corrected chi connectivity index (χ3v) is 11.8. The number of aromatic nitrogens is 8. The van der Waals surface area contributed by atoms with E-state index in [1.54, 1.807) is 81.8 Å². The summed E-state index contributed by atoms with van der Waals surface area (Å²) in [6.45, 7) is 5.33. The monoisotopic (exact) mass is 924 g/mol. The van der Waals surface area contributed by atoms with Crippen LogP contribution in [-0.4, -0.2) is 60.6 Å². The molecule has 0 aliphatic heterocycles. The van der Waals surface area contributed by atoms with Gasteiger partial charge in [-0.3, -0.25) is 9.97 Å². The first-order chi connectivity index (χ1) is 34.0. The van der Waals surface area contributed by atoms with Crippen LogP contribution in [0.3, 0.4) is 0 Å². The zero-order chi connectivity index (χ0) is 48.6. The van der Waals surface area contributed by atoms with Gasteiger partial charge in [0, 0.05) is 46.3 Å². The van der Waals surface area contributed by atoms with E-state index in [1.165, 1.54) is 17.0 Å². The Labute approximate surface area is 398 Å². The summed E-state index contributed by atoms with van der Waals surface area (Å²) in [6, 6.07) is 48.6. The summed E-state index contributed by atoms with van der Waals surface area (Å²) in [5.41, 5.74) is 5.58. The number of hydrogen-bond acceptors (Lipinski definition) is 12. The molecule has 0 aliphatic rings. The van der Waals surface area contributed by atoms with Crippen molar-refractivity contribution in [2.45, 2.75) is 31.9 Å². The van der Waals surface area contributed by atoms with Gasteiger partial charge in [0.1, 0.15) is 29.2 Å². The van der Waals surface area contributed by atoms with E-state index in [1.807, 2.05) is 79.0 Å². The van der Waals surface area contributed by atoms with Crippen LogP contribution < -0.4 is 0 Å². The number of fused-ring (bicyclic) bond motifs is 6. The molecule has 11 rings (SSSR count). The van der Waals surface area contributed by atoms with E-state index in [0.29, 0.717) is 39.1 Å². The van der Waals surface area contributed by atoms with Crippen LogP contribution >= 0.6 is 0 Å². The van der Waals surface area contributed by atoms with Crippen molar-refractivity contribution in [3.63, 3.8) is 0 Å². The van der Waals surface area contributed by atoms with Crippen LogP contribution in [0.4, 0.5) is 16.4 Å². The smallest absolute Gasteiger partial charge is 0.420 e. The molecule has 0 radical (unpaired) electrons. The largest absolute Gasteiger partial charge is 0.443 e. The first-order valence-electron chi connectivity index (χ1n) is 22.1. The topological polar surface area (TPSA) is 200 Å². The Hall–Kier alpha value is -9.57. The van der Waals surface area contributed by atoms with Crippen molar-refractivity contribution < 1.29 is 19.4 Å². The Balaban J connectivity index is 0.000000172. The maximum atomic E-state index is 12.9. The highest BCUT2D eigenvalue weighted by Crippen LogP contribution is 2.46. The first kappa shape index (κ1) is 44.3. The Morgan fingerprint density at radius 1 is 0.514 bits per heavy atom. The van der Waals surface area contributed by atoms with E-state index in [2.05, 4.69) is 65.9 Å². The van der Waals surface area contributed by atoms with E-state index < -0.39 is 27.1 Å². The summed E-state index contributed by atoms with van der Waals surface area (Å²) in [5, 5.41) is 26.5. The Morgan fingerprint density at radius 2 is 0.957 bits per heavy atom. The molecule has 0 bridgehead atoms. The minimum absolute atomic E-state index is 0.232. The molecule has 8 aromatic heterocycles. The summed E-state index contributed by atoms with van der Waals surface area (Å²) in [4.78, 5) is 61.3. The molecule has 16 heteroatoms. The van der Waals surface area contributed by atoms with Crippen LogP contribution in [0.2, 0.25) is 0 Å². The highest BCUT2D eigenvalue weighted by atomic mass is 16.6. The molecule has 0 fully saturated rings. The van der Waals surface area contributed by atoms with Crippen molar-refractivity contribution in [3.8, 4) is 22.5 Å². The van der Waals surface area contributed by atoms with Crippen LogP contribution in [0, 0.1) is 20.2 Å². The van der Waals surface area contributed by atoms with Gasteiger partial charge in [0.2, 0.25) is 0 Å². The van der Waals surface area contributed by atoms with Crippen LogP contribution in [0.5, 0.6) is 0 Å². The quantitative estimate of drug-likeness (QED) is 0.0794. The van der Waals surface area contributed by atoms with Crippen molar-refractivity contribution in [1.82, 2.24) is 39.0 Å². The van der Waals surface area contributed by atoms with Crippen molar-refractivity contribution in [3.05, 3.63) is 226 Å². The fraction of sp³-hybridized carbons (Fsp3) is 0.0926. The number of benzene rings is 3. The lowest BCUT2D eigenvalue weighted by molar-refractivity contribution is -0.389. The van der Waals surface area contributed by atoms with Crippen LogP contribution in [-0.2, 0) is 10.3 Å².